The smallest absolute Gasteiger partial charge is 0.408 e. The van der Waals surface area contributed by atoms with Crippen molar-refractivity contribution >= 4 is 24.6 Å². The summed E-state index contributed by atoms with van der Waals surface area (Å²) in [4.78, 5) is 45.2. The molecule has 126 valence electrons. The van der Waals surface area contributed by atoms with E-state index in [0.717, 1.165) is 0 Å². The lowest BCUT2D eigenvalue weighted by Gasteiger charge is -2.24. The van der Waals surface area contributed by atoms with Crippen molar-refractivity contribution in [3.63, 3.8) is 0 Å². The summed E-state index contributed by atoms with van der Waals surface area (Å²) >= 11 is 0. The van der Waals surface area contributed by atoms with Crippen LogP contribution in [0.15, 0.2) is 0 Å². The summed E-state index contributed by atoms with van der Waals surface area (Å²) < 4.78 is 5.12. The number of hydrogen-bond acceptors (Lipinski definition) is 5. The zero-order chi connectivity index (χ0) is 17.3. The van der Waals surface area contributed by atoms with Gasteiger partial charge in [-0.2, -0.15) is 0 Å². The van der Waals surface area contributed by atoms with Gasteiger partial charge in [0.15, 0.2) is 0 Å². The summed E-state index contributed by atoms with van der Waals surface area (Å²) in [5.41, 5.74) is -0.675. The summed E-state index contributed by atoms with van der Waals surface area (Å²) in [6, 6.07) is -1.72. The van der Waals surface area contributed by atoms with Crippen molar-refractivity contribution < 1.29 is 23.9 Å². The van der Waals surface area contributed by atoms with Crippen molar-refractivity contribution in [1.82, 2.24) is 10.6 Å². The Kier molecular flexibility index (Phi) is 8.37. The lowest BCUT2D eigenvalue weighted by molar-refractivity contribution is -0.126. The molecule has 22 heavy (non-hydrogen) atoms. The Morgan fingerprint density at radius 1 is 1.14 bits per heavy atom. The molecule has 0 fully saturated rings. The van der Waals surface area contributed by atoms with Gasteiger partial charge < -0.3 is 25.0 Å². The van der Waals surface area contributed by atoms with E-state index in [2.05, 4.69) is 10.6 Å². The molecule has 0 saturated heterocycles. The minimum absolute atomic E-state index is 0.101. The molecule has 0 bridgehead atoms. The first-order valence-corrected chi connectivity index (χ1v) is 7.27. The second-order valence-corrected chi connectivity index (χ2v) is 6.48. The minimum Gasteiger partial charge on any atom is -0.444 e. The first kappa shape index (κ1) is 20.1. The number of amides is 2. The monoisotopic (exact) mass is 314 g/mol. The predicted octanol–water partition coefficient (Wildman–Crippen LogP) is 1.20. The summed E-state index contributed by atoms with van der Waals surface area (Å²) in [6.07, 6.45) is 0.629. The fourth-order valence-electron chi connectivity index (χ4n) is 1.69. The van der Waals surface area contributed by atoms with Gasteiger partial charge in [-0.25, -0.2) is 4.79 Å². The van der Waals surface area contributed by atoms with Crippen molar-refractivity contribution in [2.75, 3.05) is 0 Å². The van der Waals surface area contributed by atoms with Crippen molar-refractivity contribution in [2.24, 2.45) is 5.92 Å². The van der Waals surface area contributed by atoms with E-state index in [0.29, 0.717) is 19.0 Å². The van der Waals surface area contributed by atoms with Gasteiger partial charge in [0, 0.05) is 6.42 Å². The van der Waals surface area contributed by atoms with Gasteiger partial charge in [-0.3, -0.25) is 4.79 Å². The van der Waals surface area contributed by atoms with Crippen LogP contribution >= 0.6 is 0 Å². The normalized spacial score (nSPS) is 13.9. The van der Waals surface area contributed by atoms with Crippen LogP contribution in [0.1, 0.15) is 47.5 Å². The number of rotatable bonds is 8. The van der Waals surface area contributed by atoms with Gasteiger partial charge in [0.2, 0.25) is 5.91 Å². The van der Waals surface area contributed by atoms with Gasteiger partial charge in [0.25, 0.3) is 0 Å². The van der Waals surface area contributed by atoms with Crippen LogP contribution < -0.4 is 10.6 Å². The van der Waals surface area contributed by atoms with Crippen LogP contribution in [0.4, 0.5) is 4.79 Å². The largest absolute Gasteiger partial charge is 0.444 e. The molecule has 0 aromatic rings. The maximum absolute atomic E-state index is 12.2. The number of carbonyl (C=O) groups excluding carboxylic acids is 4. The first-order chi connectivity index (χ1) is 10.1. The Balaban J connectivity index is 4.81. The van der Waals surface area contributed by atoms with Crippen molar-refractivity contribution in [3.05, 3.63) is 0 Å². The average molecular weight is 314 g/mol. The highest BCUT2D eigenvalue weighted by Crippen LogP contribution is 2.09. The third kappa shape index (κ3) is 9.10. The Morgan fingerprint density at radius 3 is 2.14 bits per heavy atom. The molecule has 2 amide bonds. The van der Waals surface area contributed by atoms with E-state index in [9.17, 15) is 19.2 Å². The minimum atomic E-state index is -0.889. The zero-order valence-electron chi connectivity index (χ0n) is 13.8. The highest BCUT2D eigenvalue weighted by Gasteiger charge is 2.26. The van der Waals surface area contributed by atoms with Crippen LogP contribution in [0.3, 0.4) is 0 Å². The van der Waals surface area contributed by atoms with Gasteiger partial charge in [-0.05, 0) is 33.1 Å². The van der Waals surface area contributed by atoms with Gasteiger partial charge in [-0.15, -0.1) is 0 Å². The third-order valence-corrected chi connectivity index (χ3v) is 2.56. The summed E-state index contributed by atoms with van der Waals surface area (Å²) in [6.45, 7) is 8.96. The molecule has 0 unspecified atom stereocenters. The van der Waals surface area contributed by atoms with Crippen molar-refractivity contribution in [2.45, 2.75) is 65.1 Å². The topological polar surface area (TPSA) is 102 Å². The molecule has 0 heterocycles. The number of alkyl carbamates (subject to hydrolysis) is 1. The molecular formula is C15H26N2O5. The molecule has 0 spiro atoms. The number of nitrogens with one attached hydrogen (secondary N) is 2. The Hall–Kier alpha value is -1.92. The van der Waals surface area contributed by atoms with E-state index in [4.69, 9.17) is 4.74 Å². The van der Waals surface area contributed by atoms with Gasteiger partial charge in [-0.1, -0.05) is 13.8 Å². The Morgan fingerprint density at radius 2 is 1.73 bits per heavy atom. The number of aldehydes is 2. The number of ether oxygens (including phenoxy) is 1. The van der Waals surface area contributed by atoms with E-state index < -0.39 is 29.7 Å². The lowest BCUT2D eigenvalue weighted by Crippen LogP contribution is -2.51. The average Bonchev–Trinajstić information content (AvgIpc) is 2.34. The van der Waals surface area contributed by atoms with E-state index in [-0.39, 0.29) is 12.3 Å². The molecule has 0 aliphatic heterocycles. The molecule has 7 heteroatoms. The molecule has 7 nitrogen and oxygen atoms in total. The van der Waals surface area contributed by atoms with E-state index in [1.807, 2.05) is 13.8 Å². The van der Waals surface area contributed by atoms with Crippen LogP contribution in [-0.2, 0) is 19.1 Å². The highest BCUT2D eigenvalue weighted by molar-refractivity contribution is 5.88. The maximum Gasteiger partial charge on any atom is 0.408 e. The fraction of sp³-hybridized carbons (Fsp3) is 0.733. The molecule has 0 saturated carbocycles. The maximum atomic E-state index is 12.2. The van der Waals surface area contributed by atoms with Crippen LogP contribution in [0.2, 0.25) is 0 Å². The highest BCUT2D eigenvalue weighted by atomic mass is 16.6. The SMILES string of the molecule is CC(C)C[C@H](NC(=O)OC(C)(C)C)C(=O)N[C@H](C=O)CC=O. The van der Waals surface area contributed by atoms with Crippen LogP contribution in [0.5, 0.6) is 0 Å². The predicted molar refractivity (Wildman–Crippen MR) is 81.3 cm³/mol. The van der Waals surface area contributed by atoms with Crippen LogP contribution in [-0.4, -0.2) is 42.3 Å². The molecular weight excluding hydrogens is 288 g/mol. The van der Waals surface area contributed by atoms with Crippen molar-refractivity contribution in [3.8, 4) is 0 Å². The molecule has 0 radical (unpaired) electrons. The Bertz CT molecular complexity index is 401. The Labute approximate surface area is 131 Å². The fourth-order valence-corrected chi connectivity index (χ4v) is 1.69. The molecule has 2 atom stereocenters. The molecule has 0 aliphatic carbocycles. The second kappa shape index (κ2) is 9.17. The van der Waals surface area contributed by atoms with Gasteiger partial charge in [0.05, 0.1) is 6.04 Å². The quantitative estimate of drug-likeness (QED) is 0.655. The molecule has 0 aromatic heterocycles. The van der Waals surface area contributed by atoms with Crippen LogP contribution in [0.25, 0.3) is 0 Å². The number of carbonyl (C=O) groups is 4. The van der Waals surface area contributed by atoms with Gasteiger partial charge >= 0.3 is 6.09 Å². The molecule has 0 rings (SSSR count). The molecule has 2 N–H and O–H groups in total. The lowest BCUT2D eigenvalue weighted by atomic mass is 10.0. The van der Waals surface area contributed by atoms with Gasteiger partial charge in [0.1, 0.15) is 24.2 Å². The standard InChI is InChI=1S/C15H26N2O5/c1-10(2)8-12(17-14(21)22-15(3,4)5)13(20)16-11(9-19)6-7-18/h7,9-12H,6,8H2,1-5H3,(H,16,20)(H,17,21)/t11-,12-/m0/s1. The van der Waals surface area contributed by atoms with Crippen molar-refractivity contribution in [1.29, 1.82) is 0 Å². The third-order valence-electron chi connectivity index (χ3n) is 2.56. The van der Waals surface area contributed by atoms with E-state index >= 15 is 0 Å². The molecule has 0 aliphatic rings. The summed E-state index contributed by atoms with van der Waals surface area (Å²) in [5, 5.41) is 4.93. The van der Waals surface area contributed by atoms with E-state index in [1.165, 1.54) is 0 Å². The summed E-state index contributed by atoms with van der Waals surface area (Å²) in [7, 11) is 0. The first-order valence-electron chi connectivity index (χ1n) is 7.27. The molecule has 0 aromatic carbocycles. The summed E-state index contributed by atoms with van der Waals surface area (Å²) in [5.74, 6) is -0.370. The zero-order valence-corrected chi connectivity index (χ0v) is 13.8. The second-order valence-electron chi connectivity index (χ2n) is 6.48. The number of hydrogen-bond donors (Lipinski definition) is 2. The van der Waals surface area contributed by atoms with Crippen LogP contribution in [0, 0.1) is 5.92 Å². The van der Waals surface area contributed by atoms with E-state index in [1.54, 1.807) is 20.8 Å².